The third kappa shape index (κ3) is 2.29. The van der Waals surface area contributed by atoms with Crippen LogP contribution in [0.3, 0.4) is 0 Å². The van der Waals surface area contributed by atoms with E-state index in [0.29, 0.717) is 5.41 Å². The predicted octanol–water partition coefficient (Wildman–Crippen LogP) is 1.91. The number of amidine groups is 1. The third-order valence-corrected chi connectivity index (χ3v) is 1.28. The second-order valence-electron chi connectivity index (χ2n) is 3.81. The van der Waals surface area contributed by atoms with Crippen LogP contribution in [0.5, 0.6) is 0 Å². The van der Waals surface area contributed by atoms with Gasteiger partial charge in [-0.2, -0.15) is 0 Å². The molecule has 0 saturated carbocycles. The fraction of sp³-hybridized carbons (Fsp3) is 0.750. The maximum Gasteiger partial charge on any atom is 0.123 e. The van der Waals surface area contributed by atoms with Crippen LogP contribution < -0.4 is 0 Å². The molecule has 0 aromatic heterocycles. The van der Waals surface area contributed by atoms with Gasteiger partial charge in [0.1, 0.15) is 5.84 Å². The molecule has 0 aromatic carbocycles. The van der Waals surface area contributed by atoms with Crippen LogP contribution in [0.2, 0.25) is 0 Å². The molecule has 2 nitrogen and oxygen atoms in total. The van der Waals surface area contributed by atoms with E-state index in [2.05, 4.69) is 30.8 Å². The van der Waals surface area contributed by atoms with Crippen molar-refractivity contribution in [1.29, 1.82) is 0 Å². The highest BCUT2D eigenvalue weighted by atomic mass is 15.0. The molecule has 0 aromatic rings. The van der Waals surface area contributed by atoms with Gasteiger partial charge in [0.25, 0.3) is 0 Å². The van der Waals surface area contributed by atoms with Crippen LogP contribution in [0, 0.1) is 5.41 Å². The van der Waals surface area contributed by atoms with E-state index in [1.54, 1.807) is 0 Å². The van der Waals surface area contributed by atoms with Crippen LogP contribution >= 0.6 is 0 Å². The van der Waals surface area contributed by atoms with Gasteiger partial charge in [-0.05, 0) is 5.41 Å². The Balaban J connectivity index is 2.46. The van der Waals surface area contributed by atoms with E-state index in [1.165, 1.54) is 0 Å². The molecular formula is C8H14N2. The van der Waals surface area contributed by atoms with Gasteiger partial charge < -0.3 is 0 Å². The van der Waals surface area contributed by atoms with Crippen molar-refractivity contribution in [2.24, 2.45) is 15.4 Å². The van der Waals surface area contributed by atoms with E-state index in [-0.39, 0.29) is 0 Å². The lowest BCUT2D eigenvalue weighted by Gasteiger charge is -2.15. The van der Waals surface area contributed by atoms with Gasteiger partial charge in [0, 0.05) is 12.6 Å². The first-order valence-corrected chi connectivity index (χ1v) is 3.64. The molecule has 0 spiro atoms. The quantitative estimate of drug-likeness (QED) is 0.528. The van der Waals surface area contributed by atoms with Gasteiger partial charge in [-0.15, -0.1) is 0 Å². The normalized spacial score (nSPS) is 17.7. The van der Waals surface area contributed by atoms with Gasteiger partial charge in [0.2, 0.25) is 0 Å². The summed E-state index contributed by atoms with van der Waals surface area (Å²) in [6, 6.07) is 0. The van der Waals surface area contributed by atoms with Crippen LogP contribution in [0.1, 0.15) is 27.2 Å². The van der Waals surface area contributed by atoms with Crippen LogP contribution in [0.15, 0.2) is 9.98 Å². The molecule has 0 amide bonds. The summed E-state index contributed by atoms with van der Waals surface area (Å²) in [7, 11) is 0. The molecule has 0 fully saturated rings. The average molecular weight is 138 g/mol. The van der Waals surface area contributed by atoms with Crippen molar-refractivity contribution in [1.82, 2.24) is 0 Å². The fourth-order valence-electron chi connectivity index (χ4n) is 0.909. The van der Waals surface area contributed by atoms with E-state index in [4.69, 9.17) is 0 Å². The molecule has 0 bridgehead atoms. The minimum Gasteiger partial charge on any atom is -0.265 e. The summed E-state index contributed by atoms with van der Waals surface area (Å²) >= 11 is 0. The van der Waals surface area contributed by atoms with Crippen LogP contribution in [-0.2, 0) is 0 Å². The SMILES string of the molecule is CC(C)(C)CC1=NCC=N1. The van der Waals surface area contributed by atoms with E-state index < -0.39 is 0 Å². The first kappa shape index (κ1) is 7.45. The van der Waals surface area contributed by atoms with Gasteiger partial charge in [0.05, 0.1) is 6.54 Å². The zero-order valence-electron chi connectivity index (χ0n) is 6.89. The summed E-state index contributed by atoms with van der Waals surface area (Å²) in [4.78, 5) is 8.36. The number of rotatable bonds is 1. The van der Waals surface area contributed by atoms with Crippen molar-refractivity contribution in [3.8, 4) is 0 Å². The van der Waals surface area contributed by atoms with Gasteiger partial charge in [-0.25, -0.2) is 4.99 Å². The van der Waals surface area contributed by atoms with Gasteiger partial charge in [-0.3, -0.25) is 4.99 Å². The zero-order valence-corrected chi connectivity index (χ0v) is 6.89. The highest BCUT2D eigenvalue weighted by molar-refractivity contribution is 5.94. The number of nitrogens with zero attached hydrogens (tertiary/aromatic N) is 2. The topological polar surface area (TPSA) is 24.7 Å². The first-order valence-electron chi connectivity index (χ1n) is 3.64. The van der Waals surface area contributed by atoms with Crippen molar-refractivity contribution < 1.29 is 0 Å². The molecule has 0 N–H and O–H groups in total. The molecule has 1 rings (SSSR count). The first-order chi connectivity index (χ1) is 4.58. The average Bonchev–Trinajstić information content (AvgIpc) is 2.12. The number of hydrogen-bond acceptors (Lipinski definition) is 2. The van der Waals surface area contributed by atoms with Crippen molar-refractivity contribution in [2.75, 3.05) is 6.54 Å². The maximum absolute atomic E-state index is 4.22. The molecule has 0 radical (unpaired) electrons. The highest BCUT2D eigenvalue weighted by Crippen LogP contribution is 2.20. The maximum atomic E-state index is 4.22. The second kappa shape index (κ2) is 2.52. The Morgan fingerprint density at radius 1 is 1.50 bits per heavy atom. The minimum atomic E-state index is 0.320. The largest absolute Gasteiger partial charge is 0.265 e. The summed E-state index contributed by atoms with van der Waals surface area (Å²) in [5, 5.41) is 0. The fourth-order valence-corrected chi connectivity index (χ4v) is 0.909. The zero-order chi connectivity index (χ0) is 7.61. The Morgan fingerprint density at radius 3 is 2.60 bits per heavy atom. The monoisotopic (exact) mass is 138 g/mol. The Kier molecular flexibility index (Phi) is 1.88. The Labute approximate surface area is 62.1 Å². The number of hydrogen-bond donors (Lipinski definition) is 0. The van der Waals surface area contributed by atoms with Gasteiger partial charge in [-0.1, -0.05) is 20.8 Å². The van der Waals surface area contributed by atoms with Crippen molar-refractivity contribution in [3.63, 3.8) is 0 Å². The Bertz CT molecular complexity index is 172. The van der Waals surface area contributed by atoms with Crippen molar-refractivity contribution >= 4 is 12.1 Å². The molecule has 0 atom stereocenters. The Morgan fingerprint density at radius 2 is 2.20 bits per heavy atom. The van der Waals surface area contributed by atoms with E-state index >= 15 is 0 Å². The van der Waals surface area contributed by atoms with Crippen molar-refractivity contribution in [2.45, 2.75) is 27.2 Å². The molecule has 1 heterocycles. The lowest BCUT2D eigenvalue weighted by Crippen LogP contribution is -2.10. The minimum absolute atomic E-state index is 0.320. The summed E-state index contributed by atoms with van der Waals surface area (Å²) < 4.78 is 0. The van der Waals surface area contributed by atoms with Crippen LogP contribution in [0.25, 0.3) is 0 Å². The summed E-state index contributed by atoms with van der Waals surface area (Å²) in [5.74, 6) is 1.01. The highest BCUT2D eigenvalue weighted by Gasteiger charge is 2.14. The molecule has 10 heavy (non-hydrogen) atoms. The lowest BCUT2D eigenvalue weighted by molar-refractivity contribution is 0.433. The van der Waals surface area contributed by atoms with Crippen LogP contribution in [0.4, 0.5) is 0 Å². The standard InChI is InChI=1S/C8H14N2/c1-8(2,3)6-7-9-4-5-10-7/h4H,5-6H2,1-3H3. The Hall–Kier alpha value is -0.660. The van der Waals surface area contributed by atoms with Gasteiger partial charge >= 0.3 is 0 Å². The molecular weight excluding hydrogens is 124 g/mol. The lowest BCUT2D eigenvalue weighted by atomic mass is 9.92. The summed E-state index contributed by atoms with van der Waals surface area (Å²) in [6.07, 6.45) is 2.85. The summed E-state index contributed by atoms with van der Waals surface area (Å²) in [6.45, 7) is 7.38. The van der Waals surface area contributed by atoms with E-state index in [0.717, 1.165) is 18.8 Å². The predicted molar refractivity (Wildman–Crippen MR) is 44.9 cm³/mol. The van der Waals surface area contributed by atoms with Gasteiger partial charge in [0.15, 0.2) is 0 Å². The molecule has 2 heteroatoms. The second-order valence-corrected chi connectivity index (χ2v) is 3.81. The number of aliphatic imine (C=N–C) groups is 2. The smallest absolute Gasteiger partial charge is 0.123 e. The third-order valence-electron chi connectivity index (χ3n) is 1.28. The van der Waals surface area contributed by atoms with Crippen LogP contribution in [-0.4, -0.2) is 18.6 Å². The molecule has 0 saturated heterocycles. The molecule has 56 valence electrons. The van der Waals surface area contributed by atoms with E-state index in [1.807, 2.05) is 6.21 Å². The van der Waals surface area contributed by atoms with E-state index in [9.17, 15) is 0 Å². The molecule has 1 aliphatic rings. The molecule has 0 aliphatic carbocycles. The molecule has 0 unspecified atom stereocenters. The summed E-state index contributed by atoms with van der Waals surface area (Å²) in [5.41, 5.74) is 0.320. The van der Waals surface area contributed by atoms with Crippen molar-refractivity contribution in [3.05, 3.63) is 0 Å². The molecule has 1 aliphatic heterocycles.